The molecule has 2 heteroatoms. The summed E-state index contributed by atoms with van der Waals surface area (Å²) in [5, 5.41) is 0. The summed E-state index contributed by atoms with van der Waals surface area (Å²) in [5.74, 6) is 0.434. The number of rotatable bonds is 1. The standard InChI is InChI=1S/C15H19NO/c1-5-14(17)16-8-11(3)15-12(4)10(2)6-7-13(15)9-16/h5-7,11H,1,8-9H2,2-4H3/t11-/m1/s1. The molecule has 1 aliphatic rings. The lowest BCUT2D eigenvalue weighted by atomic mass is 9.85. The molecular formula is C15H19NO. The summed E-state index contributed by atoms with van der Waals surface area (Å²) in [7, 11) is 0. The minimum atomic E-state index is 0.0285. The summed E-state index contributed by atoms with van der Waals surface area (Å²) in [4.78, 5) is 13.6. The number of carbonyl (C=O) groups is 1. The maximum absolute atomic E-state index is 11.7. The van der Waals surface area contributed by atoms with Crippen LogP contribution < -0.4 is 0 Å². The van der Waals surface area contributed by atoms with Crippen LogP contribution in [0.4, 0.5) is 0 Å². The smallest absolute Gasteiger partial charge is 0.246 e. The lowest BCUT2D eigenvalue weighted by Crippen LogP contribution is -2.36. The molecule has 1 amide bonds. The van der Waals surface area contributed by atoms with Gasteiger partial charge in [-0.25, -0.2) is 0 Å². The van der Waals surface area contributed by atoms with Gasteiger partial charge in [0, 0.05) is 13.1 Å². The monoisotopic (exact) mass is 229 g/mol. The van der Waals surface area contributed by atoms with Crippen molar-refractivity contribution >= 4 is 5.91 Å². The van der Waals surface area contributed by atoms with Crippen LogP contribution in [0.15, 0.2) is 24.8 Å². The van der Waals surface area contributed by atoms with E-state index in [4.69, 9.17) is 0 Å². The number of aryl methyl sites for hydroxylation is 1. The minimum absolute atomic E-state index is 0.0285. The molecule has 0 saturated carbocycles. The molecule has 0 N–H and O–H groups in total. The van der Waals surface area contributed by atoms with Gasteiger partial charge in [0.05, 0.1) is 0 Å². The van der Waals surface area contributed by atoms with E-state index in [0.717, 1.165) is 6.54 Å². The van der Waals surface area contributed by atoms with Crippen molar-refractivity contribution in [2.75, 3.05) is 6.54 Å². The highest BCUT2D eigenvalue weighted by molar-refractivity contribution is 5.87. The van der Waals surface area contributed by atoms with Gasteiger partial charge >= 0.3 is 0 Å². The van der Waals surface area contributed by atoms with E-state index in [9.17, 15) is 4.79 Å². The van der Waals surface area contributed by atoms with E-state index in [1.165, 1.54) is 28.3 Å². The Labute approximate surface area is 103 Å². The SMILES string of the molecule is C=CC(=O)N1Cc2ccc(C)c(C)c2[C@H](C)C1. The molecule has 0 saturated heterocycles. The molecule has 0 unspecified atom stereocenters. The Morgan fingerprint density at radius 2 is 2.18 bits per heavy atom. The van der Waals surface area contributed by atoms with E-state index in [0.29, 0.717) is 12.5 Å². The second-order valence-electron chi connectivity index (χ2n) is 4.90. The van der Waals surface area contributed by atoms with Gasteiger partial charge in [0.2, 0.25) is 5.91 Å². The van der Waals surface area contributed by atoms with Crippen LogP contribution in [0.5, 0.6) is 0 Å². The number of benzene rings is 1. The van der Waals surface area contributed by atoms with Gasteiger partial charge in [-0.1, -0.05) is 25.6 Å². The Morgan fingerprint density at radius 3 is 2.82 bits per heavy atom. The first-order valence-electron chi connectivity index (χ1n) is 6.05. The summed E-state index contributed by atoms with van der Waals surface area (Å²) in [6.45, 7) is 11.6. The third-order valence-corrected chi connectivity index (χ3v) is 3.71. The molecule has 1 atom stereocenters. The average molecular weight is 229 g/mol. The topological polar surface area (TPSA) is 20.3 Å². The quantitative estimate of drug-likeness (QED) is 0.678. The highest BCUT2D eigenvalue weighted by atomic mass is 16.2. The maximum atomic E-state index is 11.7. The van der Waals surface area contributed by atoms with Crippen LogP contribution in [0.1, 0.15) is 35.1 Å². The first-order chi connectivity index (χ1) is 8.04. The number of hydrogen-bond acceptors (Lipinski definition) is 1. The Balaban J connectivity index is 2.42. The van der Waals surface area contributed by atoms with Crippen LogP contribution in [-0.2, 0) is 11.3 Å². The summed E-state index contributed by atoms with van der Waals surface area (Å²) in [6, 6.07) is 4.29. The fourth-order valence-electron chi connectivity index (χ4n) is 2.71. The van der Waals surface area contributed by atoms with E-state index in [-0.39, 0.29) is 5.91 Å². The molecule has 1 aliphatic heterocycles. The van der Waals surface area contributed by atoms with E-state index in [1.54, 1.807) is 0 Å². The van der Waals surface area contributed by atoms with Crippen LogP contribution in [0.3, 0.4) is 0 Å². The van der Waals surface area contributed by atoms with Crippen molar-refractivity contribution in [1.29, 1.82) is 0 Å². The first kappa shape index (κ1) is 11.9. The number of carbonyl (C=O) groups excluding carboxylic acids is 1. The number of fused-ring (bicyclic) bond motifs is 1. The van der Waals surface area contributed by atoms with Crippen LogP contribution in [0.25, 0.3) is 0 Å². The van der Waals surface area contributed by atoms with E-state index in [1.807, 2.05) is 4.90 Å². The van der Waals surface area contributed by atoms with Crippen molar-refractivity contribution in [1.82, 2.24) is 4.90 Å². The molecule has 0 fully saturated rings. The molecule has 0 aliphatic carbocycles. The minimum Gasteiger partial charge on any atom is -0.334 e. The Kier molecular flexibility index (Phi) is 3.05. The molecular weight excluding hydrogens is 210 g/mol. The van der Waals surface area contributed by atoms with Gasteiger partial charge in [-0.3, -0.25) is 4.79 Å². The maximum Gasteiger partial charge on any atom is 0.246 e. The predicted octanol–water partition coefficient (Wildman–Crippen LogP) is 2.94. The molecule has 2 nitrogen and oxygen atoms in total. The molecule has 0 radical (unpaired) electrons. The van der Waals surface area contributed by atoms with Gasteiger partial charge in [0.15, 0.2) is 0 Å². The Bertz CT molecular complexity index is 476. The number of amides is 1. The van der Waals surface area contributed by atoms with Crippen LogP contribution >= 0.6 is 0 Å². The molecule has 2 rings (SSSR count). The molecule has 0 bridgehead atoms. The predicted molar refractivity (Wildman–Crippen MR) is 69.9 cm³/mol. The van der Waals surface area contributed by atoms with E-state index >= 15 is 0 Å². The Morgan fingerprint density at radius 1 is 1.47 bits per heavy atom. The van der Waals surface area contributed by atoms with Crippen LogP contribution in [-0.4, -0.2) is 17.4 Å². The highest BCUT2D eigenvalue weighted by Crippen LogP contribution is 2.32. The molecule has 17 heavy (non-hydrogen) atoms. The highest BCUT2D eigenvalue weighted by Gasteiger charge is 2.25. The van der Waals surface area contributed by atoms with Gasteiger partial charge in [0.1, 0.15) is 0 Å². The summed E-state index contributed by atoms with van der Waals surface area (Å²) in [6.07, 6.45) is 1.40. The van der Waals surface area contributed by atoms with Crippen LogP contribution in [0.2, 0.25) is 0 Å². The van der Waals surface area contributed by atoms with Crippen molar-refractivity contribution < 1.29 is 4.79 Å². The van der Waals surface area contributed by atoms with Crippen molar-refractivity contribution in [3.05, 3.63) is 47.0 Å². The van der Waals surface area contributed by atoms with Gasteiger partial charge < -0.3 is 4.90 Å². The molecule has 0 aromatic heterocycles. The second-order valence-corrected chi connectivity index (χ2v) is 4.90. The Hall–Kier alpha value is -1.57. The molecule has 0 spiro atoms. The van der Waals surface area contributed by atoms with Gasteiger partial charge in [-0.2, -0.15) is 0 Å². The fourth-order valence-corrected chi connectivity index (χ4v) is 2.71. The third-order valence-electron chi connectivity index (χ3n) is 3.71. The zero-order chi connectivity index (χ0) is 12.6. The van der Waals surface area contributed by atoms with E-state index in [2.05, 4.69) is 39.5 Å². The summed E-state index contributed by atoms with van der Waals surface area (Å²) < 4.78 is 0. The lowest BCUT2D eigenvalue weighted by molar-refractivity contribution is -0.127. The largest absolute Gasteiger partial charge is 0.334 e. The van der Waals surface area contributed by atoms with Crippen molar-refractivity contribution in [3.8, 4) is 0 Å². The summed E-state index contributed by atoms with van der Waals surface area (Å²) in [5.41, 5.74) is 5.42. The second kappa shape index (κ2) is 4.36. The number of nitrogens with zero attached hydrogens (tertiary/aromatic N) is 1. The zero-order valence-corrected chi connectivity index (χ0v) is 10.8. The molecule has 1 aromatic rings. The van der Waals surface area contributed by atoms with E-state index < -0.39 is 0 Å². The van der Waals surface area contributed by atoms with Gasteiger partial charge in [0.25, 0.3) is 0 Å². The normalized spacial score (nSPS) is 18.8. The molecule has 1 heterocycles. The van der Waals surface area contributed by atoms with Crippen LogP contribution in [0, 0.1) is 13.8 Å². The first-order valence-corrected chi connectivity index (χ1v) is 6.05. The van der Waals surface area contributed by atoms with Crippen molar-refractivity contribution in [3.63, 3.8) is 0 Å². The van der Waals surface area contributed by atoms with Crippen molar-refractivity contribution in [2.45, 2.75) is 33.2 Å². The fraction of sp³-hybridized carbons (Fsp3) is 0.400. The lowest BCUT2D eigenvalue weighted by Gasteiger charge is -2.34. The average Bonchev–Trinajstić information content (AvgIpc) is 2.32. The summed E-state index contributed by atoms with van der Waals surface area (Å²) >= 11 is 0. The third kappa shape index (κ3) is 1.99. The zero-order valence-electron chi connectivity index (χ0n) is 10.8. The van der Waals surface area contributed by atoms with Gasteiger partial charge in [-0.05, 0) is 48.1 Å². The number of hydrogen-bond donors (Lipinski definition) is 0. The van der Waals surface area contributed by atoms with Gasteiger partial charge in [-0.15, -0.1) is 0 Å². The molecule has 90 valence electrons. The molecule has 1 aromatic carbocycles. The van der Waals surface area contributed by atoms with Crippen molar-refractivity contribution in [2.24, 2.45) is 0 Å².